The van der Waals surface area contributed by atoms with E-state index in [0.29, 0.717) is 20.2 Å². The highest BCUT2D eigenvalue weighted by molar-refractivity contribution is 9.10. The van der Waals surface area contributed by atoms with Crippen LogP contribution in [0.2, 0.25) is 5.02 Å². The quantitative estimate of drug-likeness (QED) is 0.741. The molecular weight excluding hydrogens is 394 g/mol. The van der Waals surface area contributed by atoms with Gasteiger partial charge in [-0.1, -0.05) is 29.8 Å². The highest BCUT2D eigenvalue weighted by atomic mass is 79.9. The molecule has 1 unspecified atom stereocenters. The van der Waals surface area contributed by atoms with E-state index in [1.807, 2.05) is 18.2 Å². The molecule has 0 saturated carbocycles. The summed E-state index contributed by atoms with van der Waals surface area (Å²) in [5.41, 5.74) is 0.882. The standard InChI is InChI=1S/C14H13BrClNO2S2/c15-11-7-9-20-14(11)21(18,19)17-8-3-6-13(17)10-4-1-2-5-12(10)16/h1-2,4-5,7,9,13H,3,6,8H2. The van der Waals surface area contributed by atoms with Crippen LogP contribution >= 0.6 is 38.9 Å². The molecule has 112 valence electrons. The predicted molar refractivity (Wildman–Crippen MR) is 89.3 cm³/mol. The van der Waals surface area contributed by atoms with Crippen LogP contribution in [0.3, 0.4) is 0 Å². The predicted octanol–water partition coefficient (Wildman–Crippen LogP) is 4.69. The van der Waals surface area contributed by atoms with Crippen molar-refractivity contribution < 1.29 is 8.42 Å². The lowest BCUT2D eigenvalue weighted by Crippen LogP contribution is -2.30. The van der Waals surface area contributed by atoms with E-state index in [0.717, 1.165) is 18.4 Å². The number of benzene rings is 1. The molecule has 1 aromatic heterocycles. The average molecular weight is 407 g/mol. The molecule has 0 aliphatic carbocycles. The maximum Gasteiger partial charge on any atom is 0.254 e. The van der Waals surface area contributed by atoms with E-state index in [9.17, 15) is 8.42 Å². The van der Waals surface area contributed by atoms with Gasteiger partial charge in [0.2, 0.25) is 0 Å². The largest absolute Gasteiger partial charge is 0.254 e. The maximum absolute atomic E-state index is 12.9. The Labute approximate surface area is 141 Å². The van der Waals surface area contributed by atoms with E-state index in [1.54, 1.807) is 21.8 Å². The van der Waals surface area contributed by atoms with E-state index in [2.05, 4.69) is 15.9 Å². The van der Waals surface area contributed by atoms with Crippen molar-refractivity contribution in [2.45, 2.75) is 23.1 Å². The molecule has 0 spiro atoms. The van der Waals surface area contributed by atoms with Crippen LogP contribution in [0.5, 0.6) is 0 Å². The van der Waals surface area contributed by atoms with Crippen molar-refractivity contribution in [3.05, 3.63) is 50.8 Å². The molecule has 1 aliphatic heterocycles. The van der Waals surface area contributed by atoms with Gasteiger partial charge in [-0.25, -0.2) is 8.42 Å². The van der Waals surface area contributed by atoms with Crippen molar-refractivity contribution in [3.63, 3.8) is 0 Å². The minimum Gasteiger partial charge on any atom is -0.206 e. The van der Waals surface area contributed by atoms with Gasteiger partial charge >= 0.3 is 0 Å². The van der Waals surface area contributed by atoms with Crippen LogP contribution in [0, 0.1) is 0 Å². The van der Waals surface area contributed by atoms with Gasteiger partial charge in [-0.05, 0) is 51.8 Å². The smallest absolute Gasteiger partial charge is 0.206 e. The van der Waals surface area contributed by atoms with E-state index >= 15 is 0 Å². The summed E-state index contributed by atoms with van der Waals surface area (Å²) in [4.78, 5) is 0. The number of rotatable bonds is 3. The molecule has 7 heteroatoms. The first-order valence-corrected chi connectivity index (χ1v) is 10.00. The van der Waals surface area contributed by atoms with E-state index in [-0.39, 0.29) is 6.04 Å². The van der Waals surface area contributed by atoms with Crippen molar-refractivity contribution in [1.82, 2.24) is 4.31 Å². The molecule has 1 aromatic carbocycles. The summed E-state index contributed by atoms with van der Waals surface area (Å²) < 4.78 is 28.3. The van der Waals surface area contributed by atoms with E-state index in [4.69, 9.17) is 11.6 Å². The topological polar surface area (TPSA) is 37.4 Å². The second kappa shape index (κ2) is 6.01. The van der Waals surface area contributed by atoms with Crippen molar-refractivity contribution in [3.8, 4) is 0 Å². The molecule has 0 bridgehead atoms. The lowest BCUT2D eigenvalue weighted by molar-refractivity contribution is 0.398. The van der Waals surface area contributed by atoms with Gasteiger partial charge in [0.25, 0.3) is 10.0 Å². The fourth-order valence-electron chi connectivity index (χ4n) is 2.65. The fourth-order valence-corrected chi connectivity index (χ4v) is 7.02. The number of nitrogens with zero attached hydrogens (tertiary/aromatic N) is 1. The number of hydrogen-bond donors (Lipinski definition) is 0. The molecule has 1 aliphatic rings. The molecule has 0 amide bonds. The summed E-state index contributed by atoms with van der Waals surface area (Å²) in [6, 6.07) is 9.04. The lowest BCUT2D eigenvalue weighted by atomic mass is 10.1. The number of sulfonamides is 1. The summed E-state index contributed by atoms with van der Waals surface area (Å²) in [7, 11) is -3.49. The van der Waals surface area contributed by atoms with Crippen LogP contribution in [-0.2, 0) is 10.0 Å². The van der Waals surface area contributed by atoms with Gasteiger partial charge in [0.15, 0.2) is 0 Å². The summed E-state index contributed by atoms with van der Waals surface area (Å²) in [5.74, 6) is 0. The second-order valence-corrected chi connectivity index (χ2v) is 9.11. The normalized spacial score (nSPS) is 20.0. The molecule has 2 aromatic rings. The monoisotopic (exact) mass is 405 g/mol. The third-order valence-electron chi connectivity index (χ3n) is 3.60. The Morgan fingerprint density at radius 1 is 1.29 bits per heavy atom. The molecule has 2 heterocycles. The minimum absolute atomic E-state index is 0.183. The molecule has 0 radical (unpaired) electrons. The summed E-state index contributed by atoms with van der Waals surface area (Å²) in [6.07, 6.45) is 1.64. The average Bonchev–Trinajstić information content (AvgIpc) is 3.08. The molecule has 3 nitrogen and oxygen atoms in total. The van der Waals surface area contributed by atoms with Gasteiger partial charge in [0.1, 0.15) is 4.21 Å². The zero-order valence-electron chi connectivity index (χ0n) is 11.0. The van der Waals surface area contributed by atoms with E-state index < -0.39 is 10.0 Å². The molecule has 21 heavy (non-hydrogen) atoms. The first-order valence-electron chi connectivity index (χ1n) is 6.51. The van der Waals surface area contributed by atoms with Gasteiger partial charge < -0.3 is 0 Å². The molecule has 3 rings (SSSR count). The minimum atomic E-state index is -3.49. The van der Waals surface area contributed by atoms with Crippen LogP contribution in [0.4, 0.5) is 0 Å². The number of hydrogen-bond acceptors (Lipinski definition) is 3. The maximum atomic E-state index is 12.9. The third kappa shape index (κ3) is 2.80. The summed E-state index contributed by atoms with van der Waals surface area (Å²) in [5, 5.41) is 2.40. The van der Waals surface area contributed by atoms with Crippen molar-refractivity contribution in [2.75, 3.05) is 6.54 Å². The van der Waals surface area contributed by atoms with Crippen LogP contribution in [0.25, 0.3) is 0 Å². The van der Waals surface area contributed by atoms with Gasteiger partial charge in [0.05, 0.1) is 6.04 Å². The van der Waals surface area contributed by atoms with Gasteiger partial charge in [0, 0.05) is 16.0 Å². The van der Waals surface area contributed by atoms with Crippen LogP contribution in [-0.4, -0.2) is 19.3 Å². The van der Waals surface area contributed by atoms with Crippen LogP contribution < -0.4 is 0 Å². The van der Waals surface area contributed by atoms with Gasteiger partial charge in [-0.3, -0.25) is 0 Å². The summed E-state index contributed by atoms with van der Waals surface area (Å²) in [6.45, 7) is 0.530. The molecule has 1 fully saturated rings. The van der Waals surface area contributed by atoms with Crippen LogP contribution in [0.15, 0.2) is 44.4 Å². The summed E-state index contributed by atoms with van der Waals surface area (Å²) >= 11 is 10.8. The highest BCUT2D eigenvalue weighted by Crippen LogP contribution is 2.41. The number of halogens is 2. The molecular formula is C14H13BrClNO2S2. The molecule has 1 saturated heterocycles. The zero-order chi connectivity index (χ0) is 15.0. The Kier molecular flexibility index (Phi) is 4.43. The molecule has 1 atom stereocenters. The number of thiophene rings is 1. The second-order valence-electron chi connectivity index (χ2n) is 4.85. The Balaban J connectivity index is 2.02. The first kappa shape index (κ1) is 15.5. The Bertz CT molecular complexity index is 760. The highest BCUT2D eigenvalue weighted by Gasteiger charge is 2.38. The first-order chi connectivity index (χ1) is 10.0. The van der Waals surface area contributed by atoms with Gasteiger partial charge in [-0.15, -0.1) is 11.3 Å². The zero-order valence-corrected chi connectivity index (χ0v) is 15.0. The Hall–Kier alpha value is -0.400. The van der Waals surface area contributed by atoms with Gasteiger partial charge in [-0.2, -0.15) is 4.31 Å². The Morgan fingerprint density at radius 2 is 2.05 bits per heavy atom. The van der Waals surface area contributed by atoms with Crippen LogP contribution in [0.1, 0.15) is 24.4 Å². The third-order valence-corrected chi connectivity index (χ3v) is 8.49. The molecule has 0 N–H and O–H groups in total. The van der Waals surface area contributed by atoms with Crippen molar-refractivity contribution >= 4 is 48.9 Å². The van der Waals surface area contributed by atoms with Crippen molar-refractivity contribution in [2.24, 2.45) is 0 Å². The lowest BCUT2D eigenvalue weighted by Gasteiger charge is -2.24. The van der Waals surface area contributed by atoms with Crippen molar-refractivity contribution in [1.29, 1.82) is 0 Å². The SMILES string of the molecule is O=S(=O)(c1sccc1Br)N1CCCC1c1ccccc1Cl. The Morgan fingerprint density at radius 3 is 2.71 bits per heavy atom. The fraction of sp³-hybridized carbons (Fsp3) is 0.286. The van der Waals surface area contributed by atoms with E-state index in [1.165, 1.54) is 11.3 Å².